The van der Waals surface area contributed by atoms with Crippen molar-refractivity contribution in [3.8, 4) is 18.4 Å². The second-order valence-corrected chi connectivity index (χ2v) is 2.68. The van der Waals surface area contributed by atoms with Crippen molar-refractivity contribution in [1.29, 1.82) is 5.26 Å². The minimum absolute atomic E-state index is 0.0757. The quantitative estimate of drug-likeness (QED) is 0.416. The molecule has 0 aliphatic carbocycles. The van der Waals surface area contributed by atoms with Crippen molar-refractivity contribution in [2.75, 3.05) is 26.2 Å². The molecule has 0 unspecified atom stereocenters. The molecular formula is C9H11N3O3. The van der Waals surface area contributed by atoms with Gasteiger partial charge in [-0.3, -0.25) is 14.5 Å². The third kappa shape index (κ3) is 7.05. The van der Waals surface area contributed by atoms with Crippen LogP contribution in [0.25, 0.3) is 0 Å². The minimum atomic E-state index is -1.06. The molecule has 0 rings (SSSR count). The van der Waals surface area contributed by atoms with Gasteiger partial charge in [-0.1, -0.05) is 5.92 Å². The summed E-state index contributed by atoms with van der Waals surface area (Å²) in [6.07, 6.45) is 5.01. The monoisotopic (exact) mass is 209 g/mol. The van der Waals surface area contributed by atoms with Crippen LogP contribution < -0.4 is 5.32 Å². The third-order valence-corrected chi connectivity index (χ3v) is 1.41. The Morgan fingerprint density at radius 1 is 1.47 bits per heavy atom. The lowest BCUT2D eigenvalue weighted by atomic mass is 10.4. The number of hydrogen-bond acceptors (Lipinski definition) is 4. The van der Waals surface area contributed by atoms with E-state index in [2.05, 4.69) is 11.2 Å². The van der Waals surface area contributed by atoms with Gasteiger partial charge in [0.2, 0.25) is 5.91 Å². The van der Waals surface area contributed by atoms with Gasteiger partial charge in [0.25, 0.3) is 0 Å². The highest BCUT2D eigenvalue weighted by Crippen LogP contribution is 1.86. The molecule has 0 saturated heterocycles. The molecule has 1 amide bonds. The topological polar surface area (TPSA) is 93.4 Å². The number of hydrogen-bond donors (Lipinski definition) is 2. The number of carboxylic acid groups (broad SMARTS) is 1. The van der Waals surface area contributed by atoms with Gasteiger partial charge in [-0.2, -0.15) is 5.26 Å². The van der Waals surface area contributed by atoms with E-state index in [-0.39, 0.29) is 26.2 Å². The molecule has 0 spiro atoms. The van der Waals surface area contributed by atoms with E-state index in [1.807, 2.05) is 0 Å². The van der Waals surface area contributed by atoms with E-state index in [1.165, 1.54) is 4.90 Å². The number of amides is 1. The van der Waals surface area contributed by atoms with Crippen molar-refractivity contribution in [2.24, 2.45) is 0 Å². The molecular weight excluding hydrogens is 198 g/mol. The van der Waals surface area contributed by atoms with Crippen LogP contribution in [0.5, 0.6) is 0 Å². The van der Waals surface area contributed by atoms with Crippen molar-refractivity contribution >= 4 is 11.9 Å². The van der Waals surface area contributed by atoms with Gasteiger partial charge in [0.05, 0.1) is 25.7 Å². The van der Waals surface area contributed by atoms with Crippen LogP contribution in [0.15, 0.2) is 0 Å². The van der Waals surface area contributed by atoms with Crippen LogP contribution in [0.2, 0.25) is 0 Å². The highest BCUT2D eigenvalue weighted by molar-refractivity contribution is 5.79. The molecule has 0 atom stereocenters. The molecule has 0 aliphatic heterocycles. The minimum Gasteiger partial charge on any atom is -0.480 e. The zero-order valence-corrected chi connectivity index (χ0v) is 8.06. The summed E-state index contributed by atoms with van der Waals surface area (Å²) < 4.78 is 0. The van der Waals surface area contributed by atoms with Crippen LogP contribution in [-0.2, 0) is 9.59 Å². The molecule has 0 bridgehead atoms. The maximum absolute atomic E-state index is 11.1. The Morgan fingerprint density at radius 3 is 2.60 bits per heavy atom. The van der Waals surface area contributed by atoms with E-state index in [9.17, 15) is 9.59 Å². The summed E-state index contributed by atoms with van der Waals surface area (Å²) in [6.45, 7) is -0.454. The number of terminal acetylenes is 1. The van der Waals surface area contributed by atoms with E-state index in [0.29, 0.717) is 0 Å². The number of carboxylic acids is 1. The fourth-order valence-corrected chi connectivity index (χ4v) is 0.885. The zero-order valence-electron chi connectivity index (χ0n) is 8.06. The van der Waals surface area contributed by atoms with Gasteiger partial charge in [0.15, 0.2) is 0 Å². The van der Waals surface area contributed by atoms with Crippen molar-refractivity contribution in [3.63, 3.8) is 0 Å². The molecule has 80 valence electrons. The zero-order chi connectivity index (χ0) is 11.7. The molecule has 0 heterocycles. The summed E-state index contributed by atoms with van der Waals surface area (Å²) in [4.78, 5) is 22.8. The first-order valence-corrected chi connectivity index (χ1v) is 4.11. The van der Waals surface area contributed by atoms with Crippen LogP contribution in [0.4, 0.5) is 0 Å². The molecule has 0 aromatic rings. The van der Waals surface area contributed by atoms with Crippen LogP contribution in [0, 0.1) is 23.7 Å². The predicted molar refractivity (Wildman–Crippen MR) is 51.5 cm³/mol. The molecule has 0 aromatic carbocycles. The Balaban J connectivity index is 4.05. The number of aliphatic carboxylic acids is 1. The van der Waals surface area contributed by atoms with Crippen LogP contribution in [-0.4, -0.2) is 48.1 Å². The lowest BCUT2D eigenvalue weighted by Crippen LogP contribution is -2.40. The smallest absolute Gasteiger partial charge is 0.317 e. The number of nitrogens with zero attached hydrogens (tertiary/aromatic N) is 2. The van der Waals surface area contributed by atoms with Gasteiger partial charge in [0.1, 0.15) is 6.54 Å². The van der Waals surface area contributed by atoms with Gasteiger partial charge >= 0.3 is 5.97 Å². The molecule has 6 nitrogen and oxygen atoms in total. The van der Waals surface area contributed by atoms with Crippen molar-refractivity contribution in [2.45, 2.75) is 0 Å². The van der Waals surface area contributed by atoms with Crippen LogP contribution in [0.1, 0.15) is 0 Å². The second kappa shape index (κ2) is 7.36. The summed E-state index contributed by atoms with van der Waals surface area (Å²) in [5.74, 6) is 0.772. The van der Waals surface area contributed by atoms with Crippen LogP contribution in [0.3, 0.4) is 0 Å². The van der Waals surface area contributed by atoms with Crippen LogP contribution >= 0.6 is 0 Å². The highest BCUT2D eigenvalue weighted by atomic mass is 16.4. The fraction of sp³-hybridized carbons (Fsp3) is 0.444. The highest BCUT2D eigenvalue weighted by Gasteiger charge is 2.12. The first kappa shape index (κ1) is 12.9. The third-order valence-electron chi connectivity index (χ3n) is 1.41. The SMILES string of the molecule is C#CCN(CC(=O)O)CC(=O)NCC#N. The van der Waals surface area contributed by atoms with E-state index in [4.69, 9.17) is 16.8 Å². The molecule has 15 heavy (non-hydrogen) atoms. The van der Waals surface area contributed by atoms with Gasteiger partial charge in [-0.15, -0.1) is 6.42 Å². The first-order valence-electron chi connectivity index (χ1n) is 4.11. The summed E-state index contributed by atoms with van der Waals surface area (Å²) in [7, 11) is 0. The Labute approximate surface area is 87.5 Å². The molecule has 0 radical (unpaired) electrons. The summed E-state index contributed by atoms with van der Waals surface area (Å²) in [5, 5.41) is 19.0. The number of nitrogens with one attached hydrogen (secondary N) is 1. The fourth-order valence-electron chi connectivity index (χ4n) is 0.885. The summed E-state index contributed by atoms with van der Waals surface area (Å²) in [6, 6.07) is 1.74. The van der Waals surface area contributed by atoms with Crippen molar-refractivity contribution < 1.29 is 14.7 Å². The van der Waals surface area contributed by atoms with Gasteiger partial charge in [-0.25, -0.2) is 0 Å². The number of nitriles is 1. The summed E-state index contributed by atoms with van der Waals surface area (Å²) in [5.41, 5.74) is 0. The Kier molecular flexibility index (Phi) is 6.36. The average Bonchev–Trinajstić information content (AvgIpc) is 2.14. The van der Waals surface area contributed by atoms with Crippen molar-refractivity contribution in [3.05, 3.63) is 0 Å². The molecule has 0 aliphatic rings. The maximum atomic E-state index is 11.1. The first-order chi connectivity index (χ1) is 7.10. The lowest BCUT2D eigenvalue weighted by Gasteiger charge is -2.15. The van der Waals surface area contributed by atoms with E-state index >= 15 is 0 Å². The normalized spacial score (nSPS) is 9.00. The van der Waals surface area contributed by atoms with Gasteiger partial charge in [0, 0.05) is 0 Å². The van der Waals surface area contributed by atoms with E-state index in [1.54, 1.807) is 6.07 Å². The Bertz CT molecular complexity index is 314. The number of carbonyl (C=O) groups excluding carboxylic acids is 1. The number of rotatable bonds is 6. The largest absolute Gasteiger partial charge is 0.480 e. The Morgan fingerprint density at radius 2 is 2.13 bits per heavy atom. The molecule has 0 fully saturated rings. The molecule has 0 aromatic heterocycles. The van der Waals surface area contributed by atoms with Gasteiger partial charge < -0.3 is 10.4 Å². The average molecular weight is 209 g/mol. The maximum Gasteiger partial charge on any atom is 0.317 e. The summed E-state index contributed by atoms with van der Waals surface area (Å²) >= 11 is 0. The molecule has 2 N–H and O–H groups in total. The lowest BCUT2D eigenvalue weighted by molar-refractivity contribution is -0.138. The van der Waals surface area contributed by atoms with Crippen molar-refractivity contribution in [1.82, 2.24) is 10.2 Å². The second-order valence-electron chi connectivity index (χ2n) is 2.68. The number of carbonyl (C=O) groups is 2. The van der Waals surface area contributed by atoms with E-state index in [0.717, 1.165) is 0 Å². The molecule has 6 heteroatoms. The molecule has 0 saturated carbocycles. The predicted octanol–water partition coefficient (Wildman–Crippen LogP) is -1.35. The standard InChI is InChI=1S/C9H11N3O3/c1-2-5-12(7-9(14)15)6-8(13)11-4-3-10/h1H,4-7H2,(H,11,13)(H,14,15). The van der Waals surface area contributed by atoms with Gasteiger partial charge in [-0.05, 0) is 0 Å². The van der Waals surface area contributed by atoms with E-state index < -0.39 is 11.9 Å². The Hall–Kier alpha value is -2.05.